The van der Waals surface area contributed by atoms with Crippen LogP contribution in [0.5, 0.6) is 0 Å². The summed E-state index contributed by atoms with van der Waals surface area (Å²) in [4.78, 5) is 11.6. The molecule has 0 aliphatic carbocycles. The largest absolute Gasteiger partial charge is 0.394 e. The topological polar surface area (TPSA) is 49.3 Å². The zero-order chi connectivity index (χ0) is 11.4. The molecule has 3 nitrogen and oxygen atoms in total. The molecule has 15 heavy (non-hydrogen) atoms. The Hall–Kier alpha value is -0.770. The minimum atomic E-state index is -0.343. The lowest BCUT2D eigenvalue weighted by Crippen LogP contribution is -2.35. The van der Waals surface area contributed by atoms with Gasteiger partial charge in [-0.2, -0.15) is 0 Å². The van der Waals surface area contributed by atoms with Crippen LogP contribution in [0, 0.1) is 0 Å². The minimum Gasteiger partial charge on any atom is -0.394 e. The van der Waals surface area contributed by atoms with Crippen LogP contribution in [0.25, 0.3) is 0 Å². The lowest BCUT2D eigenvalue weighted by atomic mass is 10.2. The molecule has 0 aliphatic rings. The molecule has 0 bridgehead atoms. The Kier molecular flexibility index (Phi) is 4.39. The van der Waals surface area contributed by atoms with Crippen LogP contribution >= 0.6 is 23.2 Å². The zero-order valence-electron chi connectivity index (χ0n) is 8.13. The molecule has 0 aromatic heterocycles. The van der Waals surface area contributed by atoms with E-state index in [4.69, 9.17) is 28.3 Å². The fourth-order valence-electron chi connectivity index (χ4n) is 1.03. The number of rotatable bonds is 3. The van der Waals surface area contributed by atoms with E-state index in [9.17, 15) is 4.79 Å². The van der Waals surface area contributed by atoms with Crippen molar-refractivity contribution in [3.63, 3.8) is 0 Å². The van der Waals surface area contributed by atoms with Gasteiger partial charge in [0.25, 0.3) is 5.91 Å². The maximum absolute atomic E-state index is 11.6. The number of halogens is 2. The monoisotopic (exact) mass is 247 g/mol. The molecule has 0 fully saturated rings. The summed E-state index contributed by atoms with van der Waals surface area (Å²) in [5, 5.41) is 11.9. The van der Waals surface area contributed by atoms with E-state index in [1.807, 2.05) is 0 Å². The van der Waals surface area contributed by atoms with Crippen LogP contribution < -0.4 is 5.32 Å². The number of benzene rings is 1. The summed E-state index contributed by atoms with van der Waals surface area (Å²) in [6, 6.07) is 4.52. The summed E-state index contributed by atoms with van der Waals surface area (Å²) >= 11 is 11.6. The number of carbonyl (C=O) groups excluding carboxylic acids is 1. The Morgan fingerprint density at radius 1 is 1.53 bits per heavy atom. The van der Waals surface area contributed by atoms with Gasteiger partial charge in [0.05, 0.1) is 22.2 Å². The Bertz CT molecular complexity index is 368. The van der Waals surface area contributed by atoms with Crippen molar-refractivity contribution in [2.45, 2.75) is 13.0 Å². The number of hydrogen-bond acceptors (Lipinski definition) is 2. The van der Waals surface area contributed by atoms with Gasteiger partial charge >= 0.3 is 0 Å². The molecule has 1 aromatic carbocycles. The van der Waals surface area contributed by atoms with Crippen molar-refractivity contribution in [1.29, 1.82) is 0 Å². The molecule has 82 valence electrons. The smallest absolute Gasteiger partial charge is 0.253 e. The van der Waals surface area contributed by atoms with Crippen molar-refractivity contribution in [2.24, 2.45) is 0 Å². The molecule has 1 atom stereocenters. The number of carbonyl (C=O) groups is 1. The number of aliphatic hydroxyl groups excluding tert-OH is 1. The highest BCUT2D eigenvalue weighted by Crippen LogP contribution is 2.25. The van der Waals surface area contributed by atoms with E-state index < -0.39 is 0 Å². The maximum Gasteiger partial charge on any atom is 0.253 e. The van der Waals surface area contributed by atoms with E-state index >= 15 is 0 Å². The lowest BCUT2D eigenvalue weighted by Gasteiger charge is -2.11. The van der Waals surface area contributed by atoms with Crippen LogP contribution in [0.2, 0.25) is 10.0 Å². The predicted molar refractivity (Wildman–Crippen MR) is 60.5 cm³/mol. The molecule has 0 spiro atoms. The summed E-state index contributed by atoms with van der Waals surface area (Å²) in [5.74, 6) is -0.343. The quantitative estimate of drug-likeness (QED) is 0.860. The molecular formula is C10H11Cl2NO2. The molecule has 1 rings (SSSR count). The van der Waals surface area contributed by atoms with Gasteiger partial charge in [0.1, 0.15) is 0 Å². The highest BCUT2D eigenvalue weighted by atomic mass is 35.5. The summed E-state index contributed by atoms with van der Waals surface area (Å²) in [7, 11) is 0. The van der Waals surface area contributed by atoms with E-state index in [0.717, 1.165) is 0 Å². The standard InChI is InChI=1S/C10H11Cl2NO2/c1-6(5-14)13-10(15)7-3-2-4-8(11)9(7)12/h2-4,6,14H,5H2,1H3,(H,13,15)/t6-/m1/s1. The third-order valence-corrected chi connectivity index (χ3v) is 2.67. The first kappa shape index (κ1) is 12.3. The molecule has 2 N–H and O–H groups in total. The number of nitrogens with one attached hydrogen (secondary N) is 1. The average Bonchev–Trinajstić information content (AvgIpc) is 2.21. The molecule has 0 radical (unpaired) electrons. The lowest BCUT2D eigenvalue weighted by molar-refractivity contribution is 0.0922. The van der Waals surface area contributed by atoms with Crippen molar-refractivity contribution in [3.05, 3.63) is 33.8 Å². The highest BCUT2D eigenvalue weighted by Gasteiger charge is 2.13. The van der Waals surface area contributed by atoms with Gasteiger partial charge in [-0.25, -0.2) is 0 Å². The molecule has 0 unspecified atom stereocenters. The number of hydrogen-bond donors (Lipinski definition) is 2. The molecule has 1 amide bonds. The summed E-state index contributed by atoms with van der Waals surface area (Å²) in [6.07, 6.45) is 0. The van der Waals surface area contributed by atoms with Crippen molar-refractivity contribution in [2.75, 3.05) is 6.61 Å². The second-order valence-electron chi connectivity index (χ2n) is 3.16. The predicted octanol–water partition coefficient (Wildman–Crippen LogP) is 2.10. The van der Waals surface area contributed by atoms with E-state index in [0.29, 0.717) is 10.6 Å². The van der Waals surface area contributed by atoms with Gasteiger partial charge in [-0.1, -0.05) is 29.3 Å². The van der Waals surface area contributed by atoms with Crippen molar-refractivity contribution in [1.82, 2.24) is 5.32 Å². The Morgan fingerprint density at radius 3 is 2.80 bits per heavy atom. The SMILES string of the molecule is C[C@H](CO)NC(=O)c1cccc(Cl)c1Cl. The summed E-state index contributed by atoms with van der Waals surface area (Å²) in [6.45, 7) is 1.57. The summed E-state index contributed by atoms with van der Waals surface area (Å²) < 4.78 is 0. The van der Waals surface area contributed by atoms with Crippen molar-refractivity contribution in [3.8, 4) is 0 Å². The maximum atomic E-state index is 11.6. The Morgan fingerprint density at radius 2 is 2.20 bits per heavy atom. The van der Waals surface area contributed by atoms with Gasteiger partial charge in [-0.15, -0.1) is 0 Å². The molecular weight excluding hydrogens is 237 g/mol. The Balaban J connectivity index is 2.87. The minimum absolute atomic E-state index is 0.121. The third-order valence-electron chi connectivity index (χ3n) is 1.85. The van der Waals surface area contributed by atoms with E-state index in [1.54, 1.807) is 25.1 Å². The Labute approximate surface area is 98.0 Å². The second-order valence-corrected chi connectivity index (χ2v) is 3.94. The van der Waals surface area contributed by atoms with Gasteiger partial charge in [0.2, 0.25) is 0 Å². The first-order valence-corrected chi connectivity index (χ1v) is 5.17. The number of aliphatic hydroxyl groups is 1. The molecule has 1 aromatic rings. The van der Waals surface area contributed by atoms with Crippen molar-refractivity contribution >= 4 is 29.1 Å². The zero-order valence-corrected chi connectivity index (χ0v) is 9.64. The average molecular weight is 248 g/mol. The molecule has 0 saturated carbocycles. The first-order chi connectivity index (χ1) is 7.06. The van der Waals surface area contributed by atoms with E-state index in [-0.39, 0.29) is 23.6 Å². The molecule has 5 heteroatoms. The van der Waals surface area contributed by atoms with E-state index in [2.05, 4.69) is 5.32 Å². The van der Waals surface area contributed by atoms with E-state index in [1.165, 1.54) is 0 Å². The van der Waals surface area contributed by atoms with Crippen molar-refractivity contribution < 1.29 is 9.90 Å². The van der Waals surface area contributed by atoms with Crippen LogP contribution in [0.4, 0.5) is 0 Å². The molecule has 0 heterocycles. The van der Waals surface area contributed by atoms with Gasteiger partial charge < -0.3 is 10.4 Å². The fourth-order valence-corrected chi connectivity index (χ4v) is 1.41. The van der Waals surface area contributed by atoms with Crippen LogP contribution in [0.1, 0.15) is 17.3 Å². The van der Waals surface area contributed by atoms with Crippen LogP contribution in [0.15, 0.2) is 18.2 Å². The summed E-state index contributed by atoms with van der Waals surface area (Å²) in [5.41, 5.74) is 0.310. The first-order valence-electron chi connectivity index (χ1n) is 4.42. The van der Waals surface area contributed by atoms with Crippen LogP contribution in [0.3, 0.4) is 0 Å². The van der Waals surface area contributed by atoms with Gasteiger partial charge in [-0.3, -0.25) is 4.79 Å². The molecule has 0 saturated heterocycles. The van der Waals surface area contributed by atoms with Gasteiger partial charge in [-0.05, 0) is 19.1 Å². The molecule has 0 aliphatic heterocycles. The highest BCUT2D eigenvalue weighted by molar-refractivity contribution is 6.43. The normalized spacial score (nSPS) is 12.3. The van der Waals surface area contributed by atoms with Gasteiger partial charge in [0.15, 0.2) is 0 Å². The van der Waals surface area contributed by atoms with Gasteiger partial charge in [0, 0.05) is 6.04 Å². The number of amides is 1. The third kappa shape index (κ3) is 3.09. The second kappa shape index (κ2) is 5.35. The van der Waals surface area contributed by atoms with Crippen LogP contribution in [-0.4, -0.2) is 23.7 Å². The van der Waals surface area contributed by atoms with Crippen LogP contribution in [-0.2, 0) is 0 Å². The fraction of sp³-hybridized carbons (Fsp3) is 0.300.